The maximum absolute atomic E-state index is 11.2. The average molecular weight is 677 g/mol. The van der Waals surface area contributed by atoms with Crippen LogP contribution >= 0.6 is 0 Å². The molecule has 2 unspecified atom stereocenters. The summed E-state index contributed by atoms with van der Waals surface area (Å²) in [6.45, 7) is 10.9. The van der Waals surface area contributed by atoms with Crippen molar-refractivity contribution in [3.8, 4) is 0 Å². The minimum atomic E-state index is -0.521. The maximum Gasteiger partial charge on any atom is 0.194 e. The first-order valence-corrected chi connectivity index (χ1v) is 19.6. The van der Waals surface area contributed by atoms with Gasteiger partial charge in [-0.15, -0.1) is 0 Å². The molecule has 0 aliphatic heterocycles. The van der Waals surface area contributed by atoms with Crippen LogP contribution in [-0.4, -0.2) is 22.7 Å². The van der Waals surface area contributed by atoms with Crippen molar-refractivity contribution in [2.75, 3.05) is 0 Å². The minimum Gasteiger partial charge on any atom is -1.00 e. The van der Waals surface area contributed by atoms with Crippen molar-refractivity contribution >= 4 is 0 Å². The quantitative estimate of drug-likeness (QED) is 0.0473. The zero-order valence-corrected chi connectivity index (χ0v) is 31.9. The molecule has 0 saturated heterocycles. The zero-order chi connectivity index (χ0) is 31.2. The molecule has 2 atom stereocenters. The molecule has 0 fully saturated rings. The third kappa shape index (κ3) is 29.5. The van der Waals surface area contributed by atoms with E-state index in [0.29, 0.717) is 0 Å². The van der Waals surface area contributed by atoms with Crippen LogP contribution in [0.25, 0.3) is 0 Å². The average Bonchev–Trinajstić information content (AvgIpc) is 2.97. The van der Waals surface area contributed by atoms with E-state index in [2.05, 4.69) is 20.8 Å². The van der Waals surface area contributed by atoms with E-state index in [0.717, 1.165) is 12.8 Å². The Bertz CT molecular complexity index is 497. The fourth-order valence-electron chi connectivity index (χ4n) is 6.51. The molecule has 262 valence electrons. The van der Waals surface area contributed by atoms with Gasteiger partial charge in [-0.2, -0.15) is 0 Å². The second-order valence-corrected chi connectivity index (χ2v) is 14.7. The van der Waals surface area contributed by atoms with Crippen LogP contribution in [0, 0.1) is 11.3 Å². The van der Waals surface area contributed by atoms with Crippen LogP contribution in [0.15, 0.2) is 0 Å². The van der Waals surface area contributed by atoms with E-state index in [1.165, 1.54) is 180 Å². The largest absolute Gasteiger partial charge is 1.00 e. The smallest absolute Gasteiger partial charge is 0.194 e. The van der Waals surface area contributed by atoms with Crippen molar-refractivity contribution in [2.45, 2.75) is 240 Å². The second kappa shape index (κ2) is 33.7. The molecule has 0 aromatic heterocycles. The Labute approximate surface area is 282 Å². The van der Waals surface area contributed by atoms with E-state index in [1.807, 2.05) is 19.2 Å². The molecular formula is C39H82BrNO2. The molecule has 0 spiro atoms. The molecule has 4 heteroatoms. The van der Waals surface area contributed by atoms with Crippen LogP contribution in [0.4, 0.5) is 0 Å². The number of quaternary nitrogens is 1. The fraction of sp³-hybridized carbons (Fsp3) is 1.00. The van der Waals surface area contributed by atoms with Crippen LogP contribution in [0.5, 0.6) is 0 Å². The van der Waals surface area contributed by atoms with Crippen molar-refractivity contribution in [1.29, 1.82) is 0 Å². The van der Waals surface area contributed by atoms with E-state index in [1.54, 1.807) is 0 Å². The highest BCUT2D eigenvalue weighted by molar-refractivity contribution is 4.77. The maximum atomic E-state index is 11.2. The number of nitrogens with two attached hydrogens (primary N) is 1. The van der Waals surface area contributed by atoms with Crippen molar-refractivity contribution in [1.82, 2.24) is 0 Å². The van der Waals surface area contributed by atoms with Gasteiger partial charge in [0.2, 0.25) is 0 Å². The Balaban J connectivity index is 0. The molecule has 0 aromatic carbocycles. The number of hydrogen-bond acceptors (Lipinski definition) is 2. The van der Waals surface area contributed by atoms with Gasteiger partial charge in [0.1, 0.15) is 0 Å². The first kappa shape index (κ1) is 45.5. The Morgan fingerprint density at radius 2 is 0.674 bits per heavy atom. The van der Waals surface area contributed by atoms with Crippen LogP contribution in [-0.2, 0) is 0 Å². The Kier molecular flexibility index (Phi) is 35.7. The third-order valence-corrected chi connectivity index (χ3v) is 9.98. The number of aliphatic hydroxyl groups excluding tert-OH is 2. The lowest BCUT2D eigenvalue weighted by Gasteiger charge is -2.34. The monoisotopic (exact) mass is 676 g/mol. The minimum absolute atomic E-state index is 0. The molecular weight excluding hydrogens is 594 g/mol. The van der Waals surface area contributed by atoms with E-state index in [-0.39, 0.29) is 28.3 Å². The zero-order valence-electron chi connectivity index (χ0n) is 30.3. The predicted octanol–water partition coefficient (Wildman–Crippen LogP) is 8.60. The SMILES string of the molecule is CCCCCCCCCCCCCCCCC(C)(CCCCCCCCCCCCCCCC)C(O)[NH2+]C(O)C(C)C.[Br-]. The Morgan fingerprint density at radius 1 is 0.442 bits per heavy atom. The van der Waals surface area contributed by atoms with Crippen LogP contribution < -0.4 is 22.3 Å². The highest BCUT2D eigenvalue weighted by atomic mass is 79.9. The van der Waals surface area contributed by atoms with Gasteiger partial charge >= 0.3 is 0 Å². The summed E-state index contributed by atoms with van der Waals surface area (Å²) < 4.78 is 0. The molecule has 0 bridgehead atoms. The van der Waals surface area contributed by atoms with Gasteiger partial charge in [-0.05, 0) is 12.8 Å². The number of hydrogen-bond donors (Lipinski definition) is 3. The van der Waals surface area contributed by atoms with Gasteiger partial charge in [0.25, 0.3) is 0 Å². The molecule has 0 heterocycles. The van der Waals surface area contributed by atoms with Gasteiger partial charge < -0.3 is 27.2 Å². The van der Waals surface area contributed by atoms with Gasteiger partial charge in [0.15, 0.2) is 12.5 Å². The number of aliphatic hydroxyl groups is 2. The Hall–Kier alpha value is 0.360. The summed E-state index contributed by atoms with van der Waals surface area (Å²) in [7, 11) is 0. The molecule has 0 aromatic rings. The lowest BCUT2D eigenvalue weighted by molar-refractivity contribution is -0.798. The highest BCUT2D eigenvalue weighted by Gasteiger charge is 2.36. The van der Waals surface area contributed by atoms with Crippen molar-refractivity contribution in [3.63, 3.8) is 0 Å². The van der Waals surface area contributed by atoms with Crippen molar-refractivity contribution in [3.05, 3.63) is 0 Å². The Morgan fingerprint density at radius 3 is 0.907 bits per heavy atom. The molecule has 0 aliphatic carbocycles. The molecule has 4 N–H and O–H groups in total. The summed E-state index contributed by atoms with van der Waals surface area (Å²) in [4.78, 5) is 0. The van der Waals surface area contributed by atoms with Crippen LogP contribution in [0.2, 0.25) is 0 Å². The van der Waals surface area contributed by atoms with Crippen molar-refractivity contribution < 1.29 is 32.5 Å². The number of rotatable bonds is 34. The summed E-state index contributed by atoms with van der Waals surface area (Å²) in [5.41, 5.74) is -0.107. The second-order valence-electron chi connectivity index (χ2n) is 14.7. The van der Waals surface area contributed by atoms with Crippen LogP contribution in [0.3, 0.4) is 0 Å². The summed E-state index contributed by atoms with van der Waals surface area (Å²) in [6, 6.07) is 0. The van der Waals surface area contributed by atoms with E-state index in [9.17, 15) is 10.2 Å². The standard InChI is InChI=1S/C39H81NO2.BrH/c1-6-8-10-12-14-16-18-20-22-24-26-28-30-32-34-39(5,38(42)40-37(41)36(3)4)35-33-31-29-27-25-23-21-19-17-15-13-11-9-7-2;/h36-38,40-42H,6-35H2,1-5H3;1H. The summed E-state index contributed by atoms with van der Waals surface area (Å²) in [6.07, 6.45) is 39.8. The lowest BCUT2D eigenvalue weighted by atomic mass is 9.77. The third-order valence-electron chi connectivity index (χ3n) is 9.98. The van der Waals surface area contributed by atoms with Crippen molar-refractivity contribution in [2.24, 2.45) is 11.3 Å². The molecule has 0 amide bonds. The fourth-order valence-corrected chi connectivity index (χ4v) is 6.51. The van der Waals surface area contributed by atoms with E-state index < -0.39 is 12.5 Å². The predicted molar refractivity (Wildman–Crippen MR) is 187 cm³/mol. The van der Waals surface area contributed by atoms with E-state index in [4.69, 9.17) is 0 Å². The molecule has 0 aliphatic rings. The lowest BCUT2D eigenvalue weighted by Crippen LogP contribution is -3.00. The first-order chi connectivity index (χ1) is 20.4. The number of halogens is 1. The molecule has 0 radical (unpaired) electrons. The molecule has 43 heavy (non-hydrogen) atoms. The van der Waals surface area contributed by atoms with Gasteiger partial charge in [0, 0.05) is 11.3 Å². The summed E-state index contributed by atoms with van der Waals surface area (Å²) >= 11 is 0. The molecule has 3 nitrogen and oxygen atoms in total. The van der Waals surface area contributed by atoms with Crippen LogP contribution in [0.1, 0.15) is 227 Å². The van der Waals surface area contributed by atoms with Gasteiger partial charge in [-0.3, -0.25) is 5.32 Å². The normalized spacial score (nSPS) is 13.4. The highest BCUT2D eigenvalue weighted by Crippen LogP contribution is 2.33. The molecule has 0 rings (SSSR count). The van der Waals surface area contributed by atoms with E-state index >= 15 is 0 Å². The first-order valence-electron chi connectivity index (χ1n) is 19.6. The molecule has 0 saturated carbocycles. The summed E-state index contributed by atoms with van der Waals surface area (Å²) in [5.74, 6) is 0.158. The van der Waals surface area contributed by atoms with Gasteiger partial charge in [0.05, 0.1) is 0 Å². The number of unbranched alkanes of at least 4 members (excludes halogenated alkanes) is 26. The summed E-state index contributed by atoms with van der Waals surface area (Å²) in [5, 5.41) is 23.4. The topological polar surface area (TPSA) is 57.1 Å². The van der Waals surface area contributed by atoms with Gasteiger partial charge in [-0.1, -0.05) is 214 Å². The van der Waals surface area contributed by atoms with Gasteiger partial charge in [-0.25, -0.2) is 0 Å².